The third-order valence-corrected chi connectivity index (χ3v) is 5.06. The quantitative estimate of drug-likeness (QED) is 0.444. The Bertz CT molecular complexity index is 1480. The van der Waals surface area contributed by atoms with E-state index < -0.39 is 11.2 Å². The fourth-order valence-corrected chi connectivity index (χ4v) is 3.43. The number of ether oxygens (including phenoxy) is 2. The van der Waals surface area contributed by atoms with Crippen molar-refractivity contribution in [1.29, 1.82) is 0 Å². The molecule has 0 aliphatic carbocycles. The standard InChI is InChI=1S/C22H18ClN5O5/c1-32-17-11-25-21(27-19(17)33-2)28-20(30)15-7-6-13(9-16(15)26-22(28)31)18(29)24-10-12-4-3-5-14(23)8-12/h3-9,11H,10H2,1-2H3,(H,24,29)(H,26,31). The molecule has 0 spiro atoms. The van der Waals surface area contributed by atoms with E-state index in [0.717, 1.165) is 10.1 Å². The van der Waals surface area contributed by atoms with Gasteiger partial charge < -0.3 is 19.8 Å². The Morgan fingerprint density at radius 1 is 1.15 bits per heavy atom. The summed E-state index contributed by atoms with van der Waals surface area (Å²) in [6.07, 6.45) is 1.30. The molecule has 11 heteroatoms. The first-order chi connectivity index (χ1) is 15.9. The zero-order valence-electron chi connectivity index (χ0n) is 17.6. The number of nitrogens with zero attached hydrogens (tertiary/aromatic N) is 3. The largest absolute Gasteiger partial charge is 0.490 e. The second-order valence-corrected chi connectivity index (χ2v) is 7.33. The lowest BCUT2D eigenvalue weighted by molar-refractivity contribution is 0.0951. The number of aromatic nitrogens is 4. The van der Waals surface area contributed by atoms with Crippen LogP contribution in [0.3, 0.4) is 0 Å². The molecule has 0 aliphatic heterocycles. The van der Waals surface area contributed by atoms with Crippen LogP contribution in [0, 0.1) is 0 Å². The summed E-state index contributed by atoms with van der Waals surface area (Å²) in [5.41, 5.74) is -0.0947. The van der Waals surface area contributed by atoms with Crippen LogP contribution < -0.4 is 26.0 Å². The van der Waals surface area contributed by atoms with Crippen LogP contribution in [-0.2, 0) is 6.54 Å². The van der Waals surface area contributed by atoms with E-state index in [4.69, 9.17) is 21.1 Å². The molecule has 0 atom stereocenters. The summed E-state index contributed by atoms with van der Waals surface area (Å²) in [4.78, 5) is 48.9. The molecule has 0 saturated heterocycles. The van der Waals surface area contributed by atoms with Crippen LogP contribution >= 0.6 is 11.6 Å². The third kappa shape index (κ3) is 4.41. The van der Waals surface area contributed by atoms with Crippen LogP contribution in [0.2, 0.25) is 5.02 Å². The summed E-state index contributed by atoms with van der Waals surface area (Å²) in [7, 11) is 2.79. The Morgan fingerprint density at radius 2 is 1.97 bits per heavy atom. The highest BCUT2D eigenvalue weighted by atomic mass is 35.5. The lowest BCUT2D eigenvalue weighted by atomic mass is 10.1. The maximum atomic E-state index is 13.0. The van der Waals surface area contributed by atoms with E-state index in [9.17, 15) is 14.4 Å². The van der Waals surface area contributed by atoms with Gasteiger partial charge in [0, 0.05) is 17.1 Å². The van der Waals surface area contributed by atoms with Gasteiger partial charge in [0.2, 0.25) is 5.95 Å². The van der Waals surface area contributed by atoms with E-state index in [2.05, 4.69) is 20.3 Å². The molecule has 0 fully saturated rings. The first-order valence-corrected chi connectivity index (χ1v) is 10.1. The number of carbonyl (C=O) groups is 1. The van der Waals surface area contributed by atoms with Crippen LogP contribution in [-0.4, -0.2) is 39.6 Å². The van der Waals surface area contributed by atoms with Gasteiger partial charge in [-0.15, -0.1) is 0 Å². The molecule has 0 bridgehead atoms. The van der Waals surface area contributed by atoms with Gasteiger partial charge >= 0.3 is 5.69 Å². The Labute approximate surface area is 191 Å². The van der Waals surface area contributed by atoms with Gasteiger partial charge in [-0.25, -0.2) is 9.78 Å². The minimum absolute atomic E-state index is 0.0700. The van der Waals surface area contributed by atoms with E-state index in [1.165, 1.54) is 38.6 Å². The second-order valence-electron chi connectivity index (χ2n) is 6.89. The topological polar surface area (TPSA) is 128 Å². The lowest BCUT2D eigenvalue weighted by Gasteiger charge is -2.10. The molecular weight excluding hydrogens is 450 g/mol. The van der Waals surface area contributed by atoms with E-state index in [1.807, 2.05) is 6.07 Å². The number of hydrogen-bond acceptors (Lipinski definition) is 7. The van der Waals surface area contributed by atoms with Crippen molar-refractivity contribution in [2.45, 2.75) is 6.54 Å². The predicted molar refractivity (Wildman–Crippen MR) is 121 cm³/mol. The van der Waals surface area contributed by atoms with Gasteiger partial charge in [-0.2, -0.15) is 9.55 Å². The summed E-state index contributed by atoms with van der Waals surface area (Å²) in [5.74, 6) is -0.227. The van der Waals surface area contributed by atoms with Gasteiger partial charge in [-0.05, 0) is 35.9 Å². The minimum atomic E-state index is -0.767. The van der Waals surface area contributed by atoms with Crippen molar-refractivity contribution in [3.63, 3.8) is 0 Å². The number of rotatable bonds is 6. The van der Waals surface area contributed by atoms with Crippen LogP contribution in [0.5, 0.6) is 11.6 Å². The molecule has 4 rings (SSSR count). The summed E-state index contributed by atoms with van der Waals surface area (Å²) >= 11 is 5.96. The van der Waals surface area contributed by atoms with Crippen molar-refractivity contribution in [1.82, 2.24) is 24.8 Å². The molecule has 168 valence electrons. The average Bonchev–Trinajstić information content (AvgIpc) is 2.82. The number of aromatic amines is 1. The number of fused-ring (bicyclic) bond motifs is 1. The Kier molecular flexibility index (Phi) is 6.09. The number of benzene rings is 2. The van der Waals surface area contributed by atoms with Crippen LogP contribution in [0.15, 0.2) is 58.3 Å². The smallest absolute Gasteiger partial charge is 0.335 e. The number of halogens is 1. The van der Waals surface area contributed by atoms with Crippen molar-refractivity contribution in [2.75, 3.05) is 14.2 Å². The van der Waals surface area contributed by atoms with Crippen LogP contribution in [0.4, 0.5) is 0 Å². The van der Waals surface area contributed by atoms with Gasteiger partial charge in [0.05, 0.1) is 31.3 Å². The minimum Gasteiger partial charge on any atom is -0.490 e. The Balaban J connectivity index is 1.67. The third-order valence-electron chi connectivity index (χ3n) is 4.82. The monoisotopic (exact) mass is 467 g/mol. The molecule has 2 heterocycles. The molecule has 0 saturated carbocycles. The van der Waals surface area contributed by atoms with E-state index in [1.54, 1.807) is 18.2 Å². The van der Waals surface area contributed by atoms with E-state index in [0.29, 0.717) is 5.02 Å². The fourth-order valence-electron chi connectivity index (χ4n) is 3.21. The number of carbonyl (C=O) groups excluding carboxylic acids is 1. The van der Waals surface area contributed by atoms with E-state index in [-0.39, 0.29) is 46.5 Å². The number of hydrogen-bond donors (Lipinski definition) is 2. The Hall–Kier alpha value is -4.18. The fraction of sp³-hybridized carbons (Fsp3) is 0.136. The van der Waals surface area contributed by atoms with Gasteiger partial charge in [-0.1, -0.05) is 23.7 Å². The summed E-state index contributed by atoms with van der Waals surface area (Å²) in [5, 5.41) is 3.53. The zero-order chi connectivity index (χ0) is 23.5. The maximum absolute atomic E-state index is 13.0. The van der Waals surface area contributed by atoms with Crippen molar-refractivity contribution >= 4 is 28.4 Å². The normalized spacial score (nSPS) is 10.8. The van der Waals surface area contributed by atoms with Gasteiger partial charge in [-0.3, -0.25) is 9.59 Å². The molecule has 2 N–H and O–H groups in total. The highest BCUT2D eigenvalue weighted by Gasteiger charge is 2.16. The van der Waals surface area contributed by atoms with Crippen molar-refractivity contribution in [3.05, 3.63) is 85.6 Å². The molecule has 0 aliphatic rings. The zero-order valence-corrected chi connectivity index (χ0v) is 18.3. The predicted octanol–water partition coefficient (Wildman–Crippen LogP) is 2.07. The van der Waals surface area contributed by atoms with Gasteiger partial charge in [0.25, 0.3) is 17.3 Å². The molecule has 4 aromatic rings. The molecule has 2 aromatic heterocycles. The van der Waals surface area contributed by atoms with Crippen molar-refractivity contribution in [3.8, 4) is 17.6 Å². The van der Waals surface area contributed by atoms with Crippen molar-refractivity contribution in [2.24, 2.45) is 0 Å². The van der Waals surface area contributed by atoms with Gasteiger partial charge in [0.15, 0.2) is 5.75 Å². The first kappa shape index (κ1) is 22.0. The van der Waals surface area contributed by atoms with Crippen LogP contribution in [0.1, 0.15) is 15.9 Å². The van der Waals surface area contributed by atoms with Gasteiger partial charge in [0.1, 0.15) is 0 Å². The summed E-state index contributed by atoms with van der Waals surface area (Å²) in [6, 6.07) is 11.5. The average molecular weight is 468 g/mol. The summed E-state index contributed by atoms with van der Waals surface area (Å²) < 4.78 is 11.0. The second kappa shape index (κ2) is 9.13. The first-order valence-electron chi connectivity index (χ1n) is 9.68. The maximum Gasteiger partial charge on any atom is 0.335 e. The molecule has 0 unspecified atom stereocenters. The van der Waals surface area contributed by atoms with Crippen molar-refractivity contribution < 1.29 is 14.3 Å². The molecular formula is C22H18ClN5O5. The molecule has 33 heavy (non-hydrogen) atoms. The molecule has 10 nitrogen and oxygen atoms in total. The number of amides is 1. The number of methoxy groups -OCH3 is 2. The molecule has 0 radical (unpaired) electrons. The Morgan fingerprint density at radius 3 is 2.70 bits per heavy atom. The number of nitrogens with one attached hydrogen (secondary N) is 2. The van der Waals surface area contributed by atoms with E-state index >= 15 is 0 Å². The highest BCUT2D eigenvalue weighted by Crippen LogP contribution is 2.22. The highest BCUT2D eigenvalue weighted by molar-refractivity contribution is 6.30. The SMILES string of the molecule is COc1cnc(-n2c(=O)[nH]c3cc(C(=O)NCc4cccc(Cl)c4)ccc3c2=O)nc1OC. The van der Waals surface area contributed by atoms with Crippen LogP contribution in [0.25, 0.3) is 16.9 Å². The summed E-state index contributed by atoms with van der Waals surface area (Å²) in [6.45, 7) is 0.270. The number of H-pyrrole nitrogens is 1. The molecule has 2 aromatic carbocycles. The lowest BCUT2D eigenvalue weighted by Crippen LogP contribution is -2.35. The molecule has 1 amide bonds.